The molecule has 0 saturated carbocycles. The number of aromatic nitrogens is 1. The topological polar surface area (TPSA) is 35.2 Å². The van der Waals surface area contributed by atoms with Crippen LogP contribution >= 0.6 is 12.4 Å². The summed E-state index contributed by atoms with van der Waals surface area (Å²) in [5, 5.41) is 11.3. The average molecular weight is 331 g/mol. The number of rotatable bonds is 4. The molecule has 4 nitrogen and oxygen atoms in total. The van der Waals surface area contributed by atoms with Crippen molar-refractivity contribution in [1.82, 2.24) is 4.68 Å². The molecule has 0 radical (unpaired) electrons. The van der Waals surface area contributed by atoms with E-state index in [1.54, 1.807) is 5.01 Å². The summed E-state index contributed by atoms with van der Waals surface area (Å²) < 4.78 is 1.89. The van der Waals surface area contributed by atoms with E-state index in [0.29, 0.717) is 0 Å². The summed E-state index contributed by atoms with van der Waals surface area (Å²) in [6.07, 6.45) is 9.26. The zero-order valence-electron chi connectivity index (χ0n) is 13.4. The average Bonchev–Trinajstić information content (AvgIpc) is 3.10. The molecule has 1 aliphatic rings. The number of halogens is 1. The van der Waals surface area contributed by atoms with E-state index in [4.69, 9.17) is 0 Å². The van der Waals surface area contributed by atoms with Crippen molar-refractivity contribution in [2.75, 3.05) is 23.0 Å². The summed E-state index contributed by atoms with van der Waals surface area (Å²) in [5.74, 6) is 0. The first kappa shape index (κ1) is 17.2. The van der Waals surface area contributed by atoms with Crippen LogP contribution in [0.3, 0.4) is 0 Å². The largest absolute Gasteiger partial charge is 0.371 e. The monoisotopic (exact) mass is 330 g/mol. The van der Waals surface area contributed by atoms with Crippen LogP contribution in [-0.2, 0) is 6.42 Å². The molecule has 3 rings (SSSR count). The zero-order valence-corrected chi connectivity index (χ0v) is 14.2. The number of aryl methyl sites for hydroxylation is 1. The zero-order chi connectivity index (χ0) is 15.4. The molecular formula is C18H23ClN4. The number of nitrogens with zero attached hydrogens (tertiary/aromatic N) is 4. The lowest BCUT2D eigenvalue weighted by Crippen LogP contribution is -2.47. The lowest BCUT2D eigenvalue weighted by atomic mass is 10.0. The van der Waals surface area contributed by atoms with Crippen molar-refractivity contribution in [2.45, 2.75) is 32.2 Å². The maximum atomic E-state index is 9.46. The van der Waals surface area contributed by atoms with Gasteiger partial charge in [0.15, 0.2) is 0 Å². The van der Waals surface area contributed by atoms with Crippen molar-refractivity contribution in [3.05, 3.63) is 54.4 Å². The van der Waals surface area contributed by atoms with Gasteiger partial charge in [-0.25, -0.2) is 5.01 Å². The fourth-order valence-electron chi connectivity index (χ4n) is 3.26. The molecule has 1 aliphatic heterocycles. The van der Waals surface area contributed by atoms with Crippen LogP contribution in [-0.4, -0.2) is 23.8 Å². The van der Waals surface area contributed by atoms with Gasteiger partial charge < -0.3 is 4.90 Å². The smallest absolute Gasteiger partial charge is 0.200 e. The molecule has 0 N–H and O–H groups in total. The predicted molar refractivity (Wildman–Crippen MR) is 96.6 cm³/mol. The normalized spacial score (nSPS) is 14.9. The van der Waals surface area contributed by atoms with E-state index in [-0.39, 0.29) is 18.4 Å². The Labute approximate surface area is 144 Å². The summed E-state index contributed by atoms with van der Waals surface area (Å²) in [6, 6.07) is 12.8. The van der Waals surface area contributed by atoms with Gasteiger partial charge in [-0.2, -0.15) is 5.26 Å². The van der Waals surface area contributed by atoms with Crippen molar-refractivity contribution < 1.29 is 0 Å². The van der Waals surface area contributed by atoms with Gasteiger partial charge in [0.2, 0.25) is 6.19 Å². The molecule has 5 heteroatoms. The van der Waals surface area contributed by atoms with Gasteiger partial charge in [0.1, 0.15) is 0 Å². The van der Waals surface area contributed by atoms with E-state index in [1.165, 1.54) is 11.3 Å². The molecule has 0 aliphatic carbocycles. The predicted octanol–water partition coefficient (Wildman–Crippen LogP) is 3.56. The number of hydrogen-bond donors (Lipinski definition) is 0. The molecule has 0 unspecified atom stereocenters. The minimum absolute atomic E-state index is 0. The van der Waals surface area contributed by atoms with Crippen LogP contribution in [0.2, 0.25) is 0 Å². The molecule has 1 aromatic heterocycles. The van der Waals surface area contributed by atoms with Crippen LogP contribution < -0.4 is 9.91 Å². The summed E-state index contributed by atoms with van der Waals surface area (Å²) >= 11 is 0. The summed E-state index contributed by atoms with van der Waals surface area (Å²) in [6.45, 7) is 4.21. The van der Waals surface area contributed by atoms with Gasteiger partial charge in [0.25, 0.3) is 0 Å². The molecule has 122 valence electrons. The third kappa shape index (κ3) is 3.62. The van der Waals surface area contributed by atoms with Crippen LogP contribution in [0.25, 0.3) is 0 Å². The first-order valence-corrected chi connectivity index (χ1v) is 7.98. The van der Waals surface area contributed by atoms with E-state index in [0.717, 1.165) is 32.4 Å². The first-order chi connectivity index (χ1) is 10.8. The Morgan fingerprint density at radius 1 is 1.13 bits per heavy atom. The van der Waals surface area contributed by atoms with E-state index in [2.05, 4.69) is 42.3 Å². The molecule has 1 fully saturated rings. The van der Waals surface area contributed by atoms with Crippen molar-refractivity contribution in [2.24, 2.45) is 0 Å². The number of piperidine rings is 1. The molecule has 23 heavy (non-hydrogen) atoms. The standard InChI is InChI=1S/C18H22N4.ClH/c1-2-16-7-3-4-8-18(16)20-13-9-17(10-14-20)22(15-19)21-11-5-6-12-21;/h3-8,11-12,17H,2,9-10,13-14H2,1H3;1H. The maximum absolute atomic E-state index is 9.46. The van der Waals surface area contributed by atoms with Gasteiger partial charge in [-0.05, 0) is 43.0 Å². The van der Waals surface area contributed by atoms with Crippen molar-refractivity contribution in [3.8, 4) is 6.19 Å². The molecule has 1 aromatic carbocycles. The van der Waals surface area contributed by atoms with Crippen LogP contribution in [0.5, 0.6) is 0 Å². The lowest BCUT2D eigenvalue weighted by molar-refractivity contribution is 0.439. The molecule has 2 heterocycles. The van der Waals surface area contributed by atoms with E-state index < -0.39 is 0 Å². The lowest BCUT2D eigenvalue weighted by Gasteiger charge is -2.37. The summed E-state index contributed by atoms with van der Waals surface area (Å²) in [7, 11) is 0. The molecule has 1 saturated heterocycles. The van der Waals surface area contributed by atoms with E-state index in [9.17, 15) is 5.26 Å². The minimum Gasteiger partial charge on any atom is -0.371 e. The van der Waals surface area contributed by atoms with E-state index >= 15 is 0 Å². The number of nitriles is 1. The SMILES string of the molecule is CCc1ccccc1N1CCC(N(C#N)n2cccc2)CC1.Cl. The highest BCUT2D eigenvalue weighted by atomic mass is 35.5. The Balaban J connectivity index is 0.00000192. The third-order valence-electron chi connectivity index (χ3n) is 4.46. The number of hydrogen-bond acceptors (Lipinski definition) is 3. The van der Waals surface area contributed by atoms with Gasteiger partial charge in [-0.3, -0.25) is 4.68 Å². The van der Waals surface area contributed by atoms with Gasteiger partial charge in [0, 0.05) is 31.2 Å². The highest BCUT2D eigenvalue weighted by Gasteiger charge is 2.25. The second kappa shape index (κ2) is 7.94. The summed E-state index contributed by atoms with van der Waals surface area (Å²) in [5.41, 5.74) is 2.76. The van der Waals surface area contributed by atoms with Crippen LogP contribution in [0.1, 0.15) is 25.3 Å². The van der Waals surface area contributed by atoms with Gasteiger partial charge in [0.05, 0.1) is 6.04 Å². The molecule has 0 amide bonds. The Hall–Kier alpha value is -2.12. The molecule has 0 bridgehead atoms. The number of para-hydroxylation sites is 1. The molecule has 0 atom stereocenters. The minimum atomic E-state index is 0. The fourth-order valence-corrected chi connectivity index (χ4v) is 3.26. The Morgan fingerprint density at radius 2 is 1.78 bits per heavy atom. The number of anilines is 1. The highest BCUT2D eigenvalue weighted by Crippen LogP contribution is 2.25. The number of benzene rings is 1. The maximum Gasteiger partial charge on any atom is 0.200 e. The molecule has 0 spiro atoms. The second-order valence-electron chi connectivity index (χ2n) is 5.71. The Bertz CT molecular complexity index is 639. The molecular weight excluding hydrogens is 308 g/mol. The first-order valence-electron chi connectivity index (χ1n) is 7.98. The van der Waals surface area contributed by atoms with Gasteiger partial charge >= 0.3 is 0 Å². The van der Waals surface area contributed by atoms with Crippen LogP contribution in [0.15, 0.2) is 48.8 Å². The fraction of sp³-hybridized carbons (Fsp3) is 0.389. The van der Waals surface area contributed by atoms with Crippen LogP contribution in [0, 0.1) is 11.5 Å². The molecule has 2 aromatic rings. The van der Waals surface area contributed by atoms with Crippen molar-refractivity contribution >= 4 is 18.1 Å². The quantitative estimate of drug-likeness (QED) is 0.635. The Kier molecular flexibility index (Phi) is 5.95. The van der Waals surface area contributed by atoms with Crippen molar-refractivity contribution in [3.63, 3.8) is 0 Å². The van der Waals surface area contributed by atoms with Crippen molar-refractivity contribution in [1.29, 1.82) is 5.26 Å². The summed E-state index contributed by atoms with van der Waals surface area (Å²) in [4.78, 5) is 2.46. The Morgan fingerprint density at radius 3 is 2.39 bits per heavy atom. The third-order valence-corrected chi connectivity index (χ3v) is 4.46. The van der Waals surface area contributed by atoms with Crippen LogP contribution in [0.4, 0.5) is 5.69 Å². The highest BCUT2D eigenvalue weighted by molar-refractivity contribution is 5.85. The van der Waals surface area contributed by atoms with Gasteiger partial charge in [-0.15, -0.1) is 12.4 Å². The second-order valence-corrected chi connectivity index (χ2v) is 5.71. The van der Waals surface area contributed by atoms with E-state index in [1.807, 2.05) is 29.2 Å². The van der Waals surface area contributed by atoms with Gasteiger partial charge in [-0.1, -0.05) is 25.1 Å².